The fourth-order valence-electron chi connectivity index (χ4n) is 2.87. The van der Waals surface area contributed by atoms with Crippen LogP contribution in [0.15, 0.2) is 40.8 Å². The molecule has 2 aromatic heterocycles. The minimum atomic E-state index is -0.847. The van der Waals surface area contributed by atoms with Gasteiger partial charge >= 0.3 is 0 Å². The summed E-state index contributed by atoms with van der Waals surface area (Å²) < 4.78 is 12.2. The van der Waals surface area contributed by atoms with Crippen molar-refractivity contribution in [2.24, 2.45) is 5.73 Å². The van der Waals surface area contributed by atoms with Gasteiger partial charge in [-0.25, -0.2) is 4.98 Å². The largest absolute Gasteiger partial charge is 0.457 e. The van der Waals surface area contributed by atoms with Gasteiger partial charge in [0.2, 0.25) is 5.91 Å². The van der Waals surface area contributed by atoms with Crippen LogP contribution in [0.3, 0.4) is 0 Å². The van der Waals surface area contributed by atoms with Crippen molar-refractivity contribution < 1.29 is 13.9 Å². The van der Waals surface area contributed by atoms with Gasteiger partial charge < -0.3 is 20.2 Å². The van der Waals surface area contributed by atoms with E-state index >= 15 is 0 Å². The molecule has 0 saturated carbocycles. The van der Waals surface area contributed by atoms with Crippen LogP contribution in [0.5, 0.6) is 0 Å². The topological polar surface area (TPSA) is 90.4 Å². The zero-order valence-corrected chi connectivity index (χ0v) is 14.5. The maximum absolute atomic E-state index is 12.3. The Balaban J connectivity index is 1.43. The average molecular weight is 357 g/mol. The quantitative estimate of drug-likeness (QED) is 0.749. The Hall–Kier alpha value is -2.22. The molecule has 1 aliphatic heterocycles. The fourth-order valence-corrected chi connectivity index (χ4v) is 3.80. The summed E-state index contributed by atoms with van der Waals surface area (Å²) in [5.41, 5.74) is 6.29. The van der Waals surface area contributed by atoms with Crippen molar-refractivity contribution in [1.82, 2.24) is 10.3 Å². The number of rotatable bonds is 4. The Morgan fingerprint density at radius 2 is 2.04 bits per heavy atom. The molecule has 6 nitrogen and oxygen atoms in total. The van der Waals surface area contributed by atoms with Gasteiger partial charge in [-0.1, -0.05) is 12.1 Å². The molecule has 3 aromatic rings. The third kappa shape index (κ3) is 3.30. The molecule has 1 fully saturated rings. The van der Waals surface area contributed by atoms with Crippen molar-refractivity contribution in [3.05, 3.63) is 42.2 Å². The third-order valence-corrected chi connectivity index (χ3v) is 5.48. The van der Waals surface area contributed by atoms with Crippen LogP contribution in [-0.4, -0.2) is 29.6 Å². The summed E-state index contributed by atoms with van der Waals surface area (Å²) in [5, 5.41) is 3.70. The summed E-state index contributed by atoms with van der Waals surface area (Å²) in [4.78, 5) is 16.9. The van der Waals surface area contributed by atoms with E-state index in [2.05, 4.69) is 10.3 Å². The number of benzene rings is 1. The van der Waals surface area contributed by atoms with Gasteiger partial charge in [0.05, 0.1) is 22.3 Å². The number of aromatic nitrogens is 1. The van der Waals surface area contributed by atoms with E-state index in [1.54, 1.807) is 11.3 Å². The van der Waals surface area contributed by atoms with E-state index in [1.165, 1.54) is 0 Å². The molecule has 3 N–H and O–H groups in total. The van der Waals surface area contributed by atoms with Gasteiger partial charge in [0.1, 0.15) is 5.76 Å². The monoisotopic (exact) mass is 357 g/mol. The molecule has 0 unspecified atom stereocenters. The molecule has 1 amide bonds. The van der Waals surface area contributed by atoms with Gasteiger partial charge in [-0.05, 0) is 37.1 Å². The summed E-state index contributed by atoms with van der Waals surface area (Å²) in [7, 11) is 0. The Bertz CT molecular complexity index is 863. The van der Waals surface area contributed by atoms with Crippen LogP contribution in [0, 0.1) is 0 Å². The fraction of sp³-hybridized carbons (Fsp3) is 0.333. The highest BCUT2D eigenvalue weighted by molar-refractivity contribution is 7.21. The number of furan rings is 1. The molecule has 130 valence electrons. The van der Waals surface area contributed by atoms with E-state index < -0.39 is 5.54 Å². The lowest BCUT2D eigenvalue weighted by Crippen LogP contribution is -2.56. The first-order valence-electron chi connectivity index (χ1n) is 8.24. The highest BCUT2D eigenvalue weighted by atomic mass is 32.1. The second kappa shape index (κ2) is 6.59. The number of carbonyl (C=O) groups is 1. The molecule has 0 aliphatic carbocycles. The Morgan fingerprint density at radius 3 is 2.84 bits per heavy atom. The van der Waals surface area contributed by atoms with Crippen molar-refractivity contribution in [3.63, 3.8) is 0 Å². The van der Waals surface area contributed by atoms with Crippen LogP contribution in [0.4, 0.5) is 0 Å². The zero-order valence-electron chi connectivity index (χ0n) is 13.7. The predicted molar refractivity (Wildman–Crippen MR) is 96.1 cm³/mol. The summed E-state index contributed by atoms with van der Waals surface area (Å²) in [5.74, 6) is 1.23. The second-order valence-electron chi connectivity index (χ2n) is 6.20. The number of hydrogen-bond donors (Lipinski definition) is 2. The molecular weight excluding hydrogens is 338 g/mol. The first kappa shape index (κ1) is 16.3. The number of nitrogens with zero attached hydrogens (tertiary/aromatic N) is 1. The summed E-state index contributed by atoms with van der Waals surface area (Å²) in [6, 6.07) is 11.7. The average Bonchev–Trinajstić information content (AvgIpc) is 3.26. The molecule has 1 aromatic carbocycles. The molecule has 3 heterocycles. The van der Waals surface area contributed by atoms with Gasteiger partial charge in [0.15, 0.2) is 10.8 Å². The van der Waals surface area contributed by atoms with Gasteiger partial charge in [-0.15, -0.1) is 11.3 Å². The number of fused-ring (bicyclic) bond motifs is 1. The minimum absolute atomic E-state index is 0.159. The second-order valence-corrected chi connectivity index (χ2v) is 7.23. The number of nitrogens with one attached hydrogen (secondary N) is 1. The summed E-state index contributed by atoms with van der Waals surface area (Å²) in [6.45, 7) is 1.35. The molecule has 25 heavy (non-hydrogen) atoms. The standard InChI is InChI=1S/C18H19N3O3S/c19-18(7-9-23-10-8-18)17(22)20-11-12-5-6-14(24-12)16-21-13-3-1-2-4-15(13)25-16/h1-6H,7-11,19H2,(H,20,22). The van der Waals surface area contributed by atoms with E-state index in [-0.39, 0.29) is 5.91 Å². The van der Waals surface area contributed by atoms with Crippen LogP contribution in [-0.2, 0) is 16.1 Å². The van der Waals surface area contributed by atoms with Gasteiger partial charge in [0.25, 0.3) is 0 Å². The first-order valence-corrected chi connectivity index (χ1v) is 9.05. The highest BCUT2D eigenvalue weighted by Gasteiger charge is 2.35. The van der Waals surface area contributed by atoms with Crippen molar-refractivity contribution in [2.45, 2.75) is 24.9 Å². The van der Waals surface area contributed by atoms with E-state index in [4.69, 9.17) is 14.9 Å². The number of ether oxygens (including phenoxy) is 1. The van der Waals surface area contributed by atoms with E-state index in [1.807, 2.05) is 36.4 Å². The van der Waals surface area contributed by atoms with Gasteiger partial charge in [0, 0.05) is 13.2 Å². The number of nitrogens with two attached hydrogens (primary N) is 1. The Morgan fingerprint density at radius 1 is 1.24 bits per heavy atom. The lowest BCUT2D eigenvalue weighted by atomic mass is 9.90. The van der Waals surface area contributed by atoms with Crippen LogP contribution < -0.4 is 11.1 Å². The molecule has 1 aliphatic rings. The third-order valence-electron chi connectivity index (χ3n) is 4.43. The summed E-state index contributed by atoms with van der Waals surface area (Å²) in [6.07, 6.45) is 1.07. The van der Waals surface area contributed by atoms with E-state index in [9.17, 15) is 4.79 Å². The number of amides is 1. The Kier molecular flexibility index (Phi) is 4.29. The number of hydrogen-bond acceptors (Lipinski definition) is 6. The minimum Gasteiger partial charge on any atom is -0.457 e. The lowest BCUT2D eigenvalue weighted by Gasteiger charge is -2.31. The maximum atomic E-state index is 12.3. The molecular formula is C18H19N3O3S. The van der Waals surface area contributed by atoms with Crippen LogP contribution >= 0.6 is 11.3 Å². The smallest absolute Gasteiger partial charge is 0.240 e. The number of carbonyl (C=O) groups excluding carboxylic acids is 1. The van der Waals surface area contributed by atoms with Gasteiger partial charge in [-0.3, -0.25) is 4.79 Å². The first-order chi connectivity index (χ1) is 12.1. The normalized spacial score (nSPS) is 16.8. The lowest BCUT2D eigenvalue weighted by molar-refractivity contribution is -0.130. The maximum Gasteiger partial charge on any atom is 0.240 e. The summed E-state index contributed by atoms with van der Waals surface area (Å²) >= 11 is 1.58. The molecule has 1 saturated heterocycles. The van der Waals surface area contributed by atoms with Gasteiger partial charge in [-0.2, -0.15) is 0 Å². The van der Waals surface area contributed by atoms with Crippen LogP contribution in [0.25, 0.3) is 21.0 Å². The van der Waals surface area contributed by atoms with E-state index in [0.717, 1.165) is 15.2 Å². The molecule has 0 atom stereocenters. The predicted octanol–water partition coefficient (Wildman–Crippen LogP) is 2.68. The van der Waals surface area contributed by atoms with Crippen molar-refractivity contribution >= 4 is 27.5 Å². The van der Waals surface area contributed by atoms with Crippen molar-refractivity contribution in [1.29, 1.82) is 0 Å². The highest BCUT2D eigenvalue weighted by Crippen LogP contribution is 2.31. The molecule has 0 radical (unpaired) electrons. The Labute approximate surface area is 149 Å². The van der Waals surface area contributed by atoms with Crippen molar-refractivity contribution in [3.8, 4) is 10.8 Å². The number of thiazole rings is 1. The van der Waals surface area contributed by atoms with E-state index in [0.29, 0.717) is 44.1 Å². The van der Waals surface area contributed by atoms with Crippen LogP contribution in [0.1, 0.15) is 18.6 Å². The SMILES string of the molecule is NC1(C(=O)NCc2ccc(-c3nc4ccccc4s3)o2)CCOCC1. The molecule has 0 bridgehead atoms. The molecule has 0 spiro atoms. The van der Waals surface area contributed by atoms with Crippen molar-refractivity contribution in [2.75, 3.05) is 13.2 Å². The molecule has 4 rings (SSSR count). The zero-order chi connectivity index (χ0) is 17.3. The number of para-hydroxylation sites is 1. The molecule has 7 heteroatoms. The van der Waals surface area contributed by atoms with Crippen LogP contribution in [0.2, 0.25) is 0 Å².